The van der Waals surface area contributed by atoms with Crippen LogP contribution in [0.1, 0.15) is 193 Å². The van der Waals surface area contributed by atoms with Crippen LogP contribution >= 0.6 is 0 Å². The van der Waals surface area contributed by atoms with Gasteiger partial charge in [-0.05, 0) is 118 Å². The molecule has 0 amide bonds. The zero-order chi connectivity index (χ0) is 51.2. The third-order valence-corrected chi connectivity index (χ3v) is 19.4. The summed E-state index contributed by atoms with van der Waals surface area (Å²) in [6.45, 7) is 44.6. The summed E-state index contributed by atoms with van der Waals surface area (Å²) >= 11 is 0. The smallest absolute Gasteiger partial charge is 0.171 e. The molecule has 3 aromatic rings. The molecule has 0 saturated heterocycles. The first-order valence-electron chi connectivity index (χ1n) is 26.6. The van der Waals surface area contributed by atoms with Gasteiger partial charge in [-0.15, -0.1) is 0 Å². The topological polar surface area (TPSA) is 0 Å². The molecule has 66 heavy (non-hydrogen) atoms. The summed E-state index contributed by atoms with van der Waals surface area (Å²) in [5.74, 6) is 3.16. The van der Waals surface area contributed by atoms with Gasteiger partial charge in [-0.25, -0.2) is 0 Å². The maximum absolute atomic E-state index is 12.5. The molecule has 3 aliphatic carbocycles. The standard InChI is InChI=1S/C10H14.C9H15F3.C9H18.C8H10.C7H18Si.C7H14.C7H8.C4H12Si/c1-8(2)10-7-5-4-6-9(10)3;1-7-3-5-8(2,6-4-7)9(10,11)12;1-8-4-6-9(2,3)7-5-8;1-7-5-3-4-6-8(7)2;1-5-8(4,6-2)7-3;2*1-7-5-3-2-4-6-7;1-5(2,3)4/h4-8H,1-3H3;7H,3-6H2,1-2H3;8H,4-7H2,1-3H3;3-6H,1-2H3;5-7H2,1-4H3;7H,2-6H2,1H3;2-6H,1H3;1-4H3. The van der Waals surface area contributed by atoms with Crippen LogP contribution in [0.2, 0.25) is 50.9 Å². The average Bonchev–Trinajstić information content (AvgIpc) is 3.25. The minimum absolute atomic E-state index is 0.303. The number of benzene rings is 3. The van der Waals surface area contributed by atoms with E-state index in [1.807, 2.05) is 25.1 Å². The second-order valence-electron chi connectivity index (χ2n) is 24.0. The Labute approximate surface area is 413 Å². The lowest BCUT2D eigenvalue weighted by molar-refractivity contribution is -0.229. The SMILES string of the molecule is CC1CCC(C)(C(F)(F)F)CC1.CC1CCC(C)(C)CC1.CC1CCCCC1.CC[Si](C)(CC)CC.C[Si](C)(C)C.Cc1ccccc1.Cc1ccccc1C.Cc1ccccc1C(C)C. The molecule has 0 atom stereocenters. The van der Waals surface area contributed by atoms with Gasteiger partial charge in [-0.2, -0.15) is 13.2 Å². The summed E-state index contributed by atoms with van der Waals surface area (Å²) in [7, 11) is -1.28. The quantitative estimate of drug-likeness (QED) is 0.229. The molecule has 0 nitrogen and oxygen atoms in total. The first kappa shape index (κ1) is 66.0. The molecule has 0 spiro atoms. The van der Waals surface area contributed by atoms with Crippen LogP contribution in [0.4, 0.5) is 13.2 Å². The predicted octanol–water partition coefficient (Wildman–Crippen LogP) is 22.1. The highest BCUT2D eigenvalue weighted by molar-refractivity contribution is 6.78. The van der Waals surface area contributed by atoms with Crippen molar-refractivity contribution in [2.75, 3.05) is 0 Å². The van der Waals surface area contributed by atoms with Gasteiger partial charge in [0.2, 0.25) is 0 Å². The van der Waals surface area contributed by atoms with E-state index in [-0.39, 0.29) is 0 Å². The van der Waals surface area contributed by atoms with E-state index in [9.17, 15) is 13.2 Å². The lowest BCUT2D eigenvalue weighted by Crippen LogP contribution is -2.38. The van der Waals surface area contributed by atoms with Gasteiger partial charge in [0.25, 0.3) is 0 Å². The Kier molecular flexibility index (Phi) is 34.2. The van der Waals surface area contributed by atoms with Crippen molar-refractivity contribution >= 4 is 16.1 Å². The van der Waals surface area contributed by atoms with Crippen molar-refractivity contribution in [3.63, 3.8) is 0 Å². The normalized spacial score (nSPS) is 19.5. The van der Waals surface area contributed by atoms with E-state index in [0.29, 0.717) is 30.1 Å². The molecule has 0 N–H and O–H groups in total. The number of halogens is 3. The zero-order valence-corrected chi connectivity index (χ0v) is 49.3. The second-order valence-corrected chi connectivity index (χ2v) is 35.7. The van der Waals surface area contributed by atoms with Gasteiger partial charge >= 0.3 is 6.18 Å². The Balaban J connectivity index is 0. The summed E-state index contributed by atoms with van der Waals surface area (Å²) in [5.41, 5.74) is 6.17. The van der Waals surface area contributed by atoms with Crippen LogP contribution in [0.15, 0.2) is 78.9 Å². The highest BCUT2D eigenvalue weighted by atomic mass is 28.3. The van der Waals surface area contributed by atoms with Crippen molar-refractivity contribution in [3.05, 3.63) is 107 Å². The fourth-order valence-corrected chi connectivity index (χ4v) is 9.21. The van der Waals surface area contributed by atoms with Crippen LogP contribution < -0.4 is 0 Å². The Morgan fingerprint density at radius 1 is 0.515 bits per heavy atom. The lowest BCUT2D eigenvalue weighted by Gasteiger charge is -2.37. The minimum atomic E-state index is -4.01. The first-order chi connectivity index (χ1) is 30.4. The molecule has 0 heterocycles. The van der Waals surface area contributed by atoms with Gasteiger partial charge in [0.1, 0.15) is 0 Å². The van der Waals surface area contributed by atoms with Crippen LogP contribution in [0.25, 0.3) is 0 Å². The third kappa shape index (κ3) is 34.2. The summed E-state index contributed by atoms with van der Waals surface area (Å²) in [6, 6.07) is 31.5. The van der Waals surface area contributed by atoms with Crippen molar-refractivity contribution in [3.8, 4) is 0 Å². The van der Waals surface area contributed by atoms with Crippen LogP contribution in [0.3, 0.4) is 0 Å². The molecular formula is C61H109F3Si2. The fraction of sp³-hybridized carbons (Fsp3) is 0.705. The van der Waals surface area contributed by atoms with Gasteiger partial charge in [-0.3, -0.25) is 0 Å². The van der Waals surface area contributed by atoms with Crippen molar-refractivity contribution in [2.24, 2.45) is 28.6 Å². The molecule has 382 valence electrons. The molecule has 0 unspecified atom stereocenters. The van der Waals surface area contributed by atoms with Crippen LogP contribution in [-0.2, 0) is 0 Å². The highest BCUT2D eigenvalue weighted by Gasteiger charge is 2.51. The van der Waals surface area contributed by atoms with Crippen LogP contribution in [-0.4, -0.2) is 22.3 Å². The van der Waals surface area contributed by atoms with Crippen LogP contribution in [0, 0.1) is 56.3 Å². The van der Waals surface area contributed by atoms with Gasteiger partial charge in [-0.1, -0.05) is 256 Å². The molecule has 0 aliphatic heterocycles. The predicted molar refractivity (Wildman–Crippen MR) is 300 cm³/mol. The molecule has 3 fully saturated rings. The van der Waals surface area contributed by atoms with Crippen molar-refractivity contribution in [2.45, 2.75) is 250 Å². The molecule has 3 aromatic carbocycles. The van der Waals surface area contributed by atoms with E-state index in [1.165, 1.54) is 111 Å². The summed E-state index contributed by atoms with van der Waals surface area (Å²) in [5, 5.41) is 0. The molecule has 0 bridgehead atoms. The molecule has 6 rings (SSSR count). The van der Waals surface area contributed by atoms with Gasteiger partial charge < -0.3 is 0 Å². The third-order valence-electron chi connectivity index (χ3n) is 14.3. The molecule has 0 aromatic heterocycles. The lowest BCUT2D eigenvalue weighted by atomic mass is 9.72. The van der Waals surface area contributed by atoms with E-state index in [1.54, 1.807) is 0 Å². The number of aryl methyl sites for hydroxylation is 4. The van der Waals surface area contributed by atoms with Crippen molar-refractivity contribution < 1.29 is 13.2 Å². The van der Waals surface area contributed by atoms with Crippen LogP contribution in [0.5, 0.6) is 0 Å². The molecule has 3 saturated carbocycles. The number of hydrogen-bond acceptors (Lipinski definition) is 0. The average molecular weight is 956 g/mol. The fourth-order valence-electron chi connectivity index (χ4n) is 7.71. The van der Waals surface area contributed by atoms with E-state index in [4.69, 9.17) is 0 Å². The monoisotopic (exact) mass is 955 g/mol. The van der Waals surface area contributed by atoms with Crippen molar-refractivity contribution in [1.29, 1.82) is 0 Å². The zero-order valence-electron chi connectivity index (χ0n) is 47.3. The van der Waals surface area contributed by atoms with Gasteiger partial charge in [0.05, 0.1) is 5.41 Å². The van der Waals surface area contributed by atoms with E-state index in [2.05, 4.69) is 183 Å². The maximum atomic E-state index is 12.5. The summed E-state index contributed by atoms with van der Waals surface area (Å²) in [4.78, 5) is 0. The molecular weight excluding hydrogens is 846 g/mol. The summed E-state index contributed by atoms with van der Waals surface area (Å²) in [6.07, 6.45) is 11.3. The molecule has 0 radical (unpaired) electrons. The number of alkyl halides is 3. The molecule has 5 heteroatoms. The first-order valence-corrected chi connectivity index (χ1v) is 33.7. The maximum Gasteiger partial charge on any atom is 0.394 e. The second kappa shape index (κ2) is 34.2. The Hall–Kier alpha value is -2.12. The van der Waals surface area contributed by atoms with E-state index >= 15 is 0 Å². The number of rotatable bonds is 4. The highest BCUT2D eigenvalue weighted by Crippen LogP contribution is 2.49. The van der Waals surface area contributed by atoms with E-state index < -0.39 is 27.7 Å². The Morgan fingerprint density at radius 2 is 0.848 bits per heavy atom. The number of hydrogen-bond donors (Lipinski definition) is 0. The Morgan fingerprint density at radius 3 is 1.08 bits per heavy atom. The van der Waals surface area contributed by atoms with Gasteiger partial charge in [0, 0.05) is 16.1 Å². The summed E-state index contributed by atoms with van der Waals surface area (Å²) < 4.78 is 37.4. The largest absolute Gasteiger partial charge is 0.394 e. The molecule has 3 aliphatic rings. The van der Waals surface area contributed by atoms with Crippen molar-refractivity contribution in [1.82, 2.24) is 0 Å². The van der Waals surface area contributed by atoms with E-state index in [0.717, 1.165) is 24.7 Å². The minimum Gasteiger partial charge on any atom is -0.171 e. The Bertz CT molecular complexity index is 1540. The van der Waals surface area contributed by atoms with Gasteiger partial charge in [0.15, 0.2) is 0 Å².